The summed E-state index contributed by atoms with van der Waals surface area (Å²) < 4.78 is 1.82. The van der Waals surface area contributed by atoms with Crippen LogP contribution in [-0.2, 0) is 12.0 Å². The molecule has 0 bridgehead atoms. The molecule has 0 fully saturated rings. The summed E-state index contributed by atoms with van der Waals surface area (Å²) in [7, 11) is 0. The van der Waals surface area contributed by atoms with E-state index in [9.17, 15) is 5.11 Å². The van der Waals surface area contributed by atoms with Crippen molar-refractivity contribution >= 4 is 0 Å². The van der Waals surface area contributed by atoms with Gasteiger partial charge < -0.3 is 5.11 Å². The molecule has 0 aliphatic carbocycles. The largest absolute Gasteiger partial charge is 0.492 e. The van der Waals surface area contributed by atoms with Crippen LogP contribution in [0.3, 0.4) is 0 Å². The molecule has 3 heteroatoms. The Kier molecular flexibility index (Phi) is 2.88. The normalized spacial score (nSPS) is 12.4. The zero-order chi connectivity index (χ0) is 10.9. The number of aromatic nitrogens is 2. The maximum absolute atomic E-state index is 9.61. The average Bonchev–Trinajstić information content (AvgIpc) is 2.30. The van der Waals surface area contributed by atoms with Crippen LogP contribution in [0.2, 0.25) is 0 Å². The van der Waals surface area contributed by atoms with Crippen LogP contribution < -0.4 is 0 Å². The molecule has 0 saturated heterocycles. The summed E-state index contributed by atoms with van der Waals surface area (Å²) in [5.74, 6) is 0.715. The van der Waals surface area contributed by atoms with Crippen LogP contribution >= 0.6 is 0 Å². The molecule has 0 aliphatic heterocycles. The van der Waals surface area contributed by atoms with Gasteiger partial charge in [-0.3, -0.25) is 4.68 Å². The Morgan fingerprint density at radius 2 is 2.00 bits per heavy atom. The zero-order valence-electron chi connectivity index (χ0n) is 9.70. The number of aromatic hydroxyl groups is 1. The maximum Gasteiger partial charge on any atom is 0.233 e. The molecule has 3 nitrogen and oxygen atoms in total. The molecular weight excluding hydrogens is 176 g/mol. The SMILES string of the molecule is CC(C)Cc1cn(C(C)(C)C)nc1O. The zero-order valence-corrected chi connectivity index (χ0v) is 9.70. The third kappa shape index (κ3) is 2.50. The minimum atomic E-state index is -0.0628. The van der Waals surface area contributed by atoms with Gasteiger partial charge in [0.25, 0.3) is 0 Å². The molecule has 0 radical (unpaired) electrons. The lowest BCUT2D eigenvalue weighted by molar-refractivity contribution is 0.338. The number of hydrogen-bond acceptors (Lipinski definition) is 2. The van der Waals surface area contributed by atoms with Crippen LogP contribution in [0.5, 0.6) is 5.88 Å². The third-order valence-electron chi connectivity index (χ3n) is 2.08. The number of hydrogen-bond donors (Lipinski definition) is 1. The highest BCUT2D eigenvalue weighted by molar-refractivity contribution is 5.22. The lowest BCUT2D eigenvalue weighted by Gasteiger charge is -2.18. The summed E-state index contributed by atoms with van der Waals surface area (Å²) in [5, 5.41) is 13.7. The monoisotopic (exact) mass is 196 g/mol. The molecule has 0 saturated carbocycles. The fourth-order valence-electron chi connectivity index (χ4n) is 1.33. The van der Waals surface area contributed by atoms with Gasteiger partial charge in [0.1, 0.15) is 0 Å². The van der Waals surface area contributed by atoms with Gasteiger partial charge in [-0.1, -0.05) is 13.8 Å². The van der Waals surface area contributed by atoms with Crippen molar-refractivity contribution in [1.82, 2.24) is 9.78 Å². The molecule has 1 N–H and O–H groups in total. The second-order valence-corrected chi connectivity index (χ2v) is 5.19. The van der Waals surface area contributed by atoms with Crippen LogP contribution in [0.25, 0.3) is 0 Å². The summed E-state index contributed by atoms with van der Waals surface area (Å²) in [4.78, 5) is 0. The van der Waals surface area contributed by atoms with Crippen LogP contribution in [-0.4, -0.2) is 14.9 Å². The van der Waals surface area contributed by atoms with Crippen molar-refractivity contribution in [3.8, 4) is 5.88 Å². The molecule has 80 valence electrons. The highest BCUT2D eigenvalue weighted by Gasteiger charge is 2.17. The smallest absolute Gasteiger partial charge is 0.233 e. The quantitative estimate of drug-likeness (QED) is 0.789. The molecular formula is C11H20N2O. The molecule has 1 rings (SSSR count). The van der Waals surface area contributed by atoms with Gasteiger partial charge in [0.05, 0.1) is 5.54 Å². The summed E-state index contributed by atoms with van der Waals surface area (Å²) in [5.41, 5.74) is 0.877. The van der Waals surface area contributed by atoms with Gasteiger partial charge in [0.2, 0.25) is 5.88 Å². The van der Waals surface area contributed by atoms with E-state index < -0.39 is 0 Å². The van der Waals surface area contributed by atoms with E-state index in [1.165, 1.54) is 0 Å². The Morgan fingerprint density at radius 3 is 2.36 bits per heavy atom. The first-order valence-electron chi connectivity index (χ1n) is 5.08. The van der Waals surface area contributed by atoms with Crippen molar-refractivity contribution in [1.29, 1.82) is 0 Å². The predicted molar refractivity (Wildman–Crippen MR) is 57.4 cm³/mol. The second kappa shape index (κ2) is 3.64. The number of rotatable bonds is 2. The van der Waals surface area contributed by atoms with E-state index in [2.05, 4.69) is 39.7 Å². The molecule has 0 amide bonds. The summed E-state index contributed by atoms with van der Waals surface area (Å²) >= 11 is 0. The Labute approximate surface area is 85.8 Å². The van der Waals surface area contributed by atoms with E-state index in [1.54, 1.807) is 0 Å². The van der Waals surface area contributed by atoms with E-state index in [0.29, 0.717) is 5.92 Å². The Bertz CT molecular complexity index is 308. The van der Waals surface area contributed by atoms with Gasteiger partial charge in [-0.15, -0.1) is 5.10 Å². The lowest BCUT2D eigenvalue weighted by Crippen LogP contribution is -2.22. The highest BCUT2D eigenvalue weighted by Crippen LogP contribution is 2.22. The average molecular weight is 196 g/mol. The third-order valence-corrected chi connectivity index (χ3v) is 2.08. The Balaban J connectivity index is 2.94. The standard InChI is InChI=1S/C11H20N2O/c1-8(2)6-9-7-13(11(3,4)5)12-10(9)14/h7-8H,6H2,1-5H3,(H,12,14). The van der Waals surface area contributed by atoms with Crippen molar-refractivity contribution in [3.05, 3.63) is 11.8 Å². The van der Waals surface area contributed by atoms with Crippen LogP contribution in [0, 0.1) is 5.92 Å². The van der Waals surface area contributed by atoms with Crippen molar-refractivity contribution < 1.29 is 5.11 Å². The van der Waals surface area contributed by atoms with E-state index >= 15 is 0 Å². The topological polar surface area (TPSA) is 38.0 Å². The molecule has 0 atom stereocenters. The highest BCUT2D eigenvalue weighted by atomic mass is 16.3. The predicted octanol–water partition coefficient (Wildman–Crippen LogP) is 2.54. The first kappa shape index (κ1) is 11.1. The second-order valence-electron chi connectivity index (χ2n) is 5.19. The molecule has 1 heterocycles. The molecule has 0 unspecified atom stereocenters. The van der Waals surface area contributed by atoms with Gasteiger partial charge in [-0.25, -0.2) is 0 Å². The Morgan fingerprint density at radius 1 is 1.43 bits per heavy atom. The van der Waals surface area contributed by atoms with Crippen LogP contribution in [0.4, 0.5) is 0 Å². The van der Waals surface area contributed by atoms with Crippen molar-refractivity contribution in [2.75, 3.05) is 0 Å². The summed E-state index contributed by atoms with van der Waals surface area (Å²) in [6, 6.07) is 0. The minimum Gasteiger partial charge on any atom is -0.492 e. The summed E-state index contributed by atoms with van der Waals surface area (Å²) in [6.07, 6.45) is 2.82. The molecule has 0 aliphatic rings. The van der Waals surface area contributed by atoms with E-state index in [-0.39, 0.29) is 11.4 Å². The van der Waals surface area contributed by atoms with Crippen LogP contribution in [0.15, 0.2) is 6.20 Å². The van der Waals surface area contributed by atoms with Crippen LogP contribution in [0.1, 0.15) is 40.2 Å². The number of nitrogens with zero attached hydrogens (tertiary/aromatic N) is 2. The van der Waals surface area contributed by atoms with E-state index in [4.69, 9.17) is 0 Å². The van der Waals surface area contributed by atoms with Crippen molar-refractivity contribution in [2.24, 2.45) is 5.92 Å². The molecule has 0 aromatic carbocycles. The van der Waals surface area contributed by atoms with Gasteiger partial charge in [-0.05, 0) is 33.1 Å². The fraction of sp³-hybridized carbons (Fsp3) is 0.727. The van der Waals surface area contributed by atoms with Crippen molar-refractivity contribution in [3.63, 3.8) is 0 Å². The van der Waals surface area contributed by atoms with Gasteiger partial charge >= 0.3 is 0 Å². The summed E-state index contributed by atoms with van der Waals surface area (Å²) in [6.45, 7) is 10.5. The minimum absolute atomic E-state index is 0.0628. The molecule has 1 aromatic rings. The maximum atomic E-state index is 9.61. The molecule has 14 heavy (non-hydrogen) atoms. The van der Waals surface area contributed by atoms with Gasteiger partial charge in [0.15, 0.2) is 0 Å². The van der Waals surface area contributed by atoms with E-state index in [0.717, 1.165) is 12.0 Å². The van der Waals surface area contributed by atoms with Gasteiger partial charge in [-0.2, -0.15) is 0 Å². The van der Waals surface area contributed by atoms with Crippen molar-refractivity contribution in [2.45, 2.75) is 46.6 Å². The fourth-order valence-corrected chi connectivity index (χ4v) is 1.33. The lowest BCUT2D eigenvalue weighted by atomic mass is 10.1. The molecule has 1 aromatic heterocycles. The first-order valence-corrected chi connectivity index (χ1v) is 5.08. The Hall–Kier alpha value is -0.990. The van der Waals surface area contributed by atoms with Gasteiger partial charge in [0, 0.05) is 11.8 Å². The first-order chi connectivity index (χ1) is 6.30. The van der Waals surface area contributed by atoms with E-state index in [1.807, 2.05) is 10.9 Å². The molecule has 0 spiro atoms.